The van der Waals surface area contributed by atoms with Crippen molar-refractivity contribution >= 4 is 87.4 Å². The molecule has 0 spiro atoms. The Hall–Kier alpha value is -3.04. The van der Waals surface area contributed by atoms with Gasteiger partial charge in [0.25, 0.3) is 0 Å². The van der Waals surface area contributed by atoms with Crippen LogP contribution in [0.5, 0.6) is 0 Å². The maximum atomic E-state index is 4.81. The fourth-order valence-corrected chi connectivity index (χ4v) is 8.29. The molecule has 0 aliphatic rings. The van der Waals surface area contributed by atoms with E-state index in [9.17, 15) is 0 Å². The molecule has 0 radical (unpaired) electrons. The largest absolute Gasteiger partial charge is 0.355 e. The molecule has 0 saturated heterocycles. The molecule has 36 heavy (non-hydrogen) atoms. The third kappa shape index (κ3) is 5.37. The summed E-state index contributed by atoms with van der Waals surface area (Å²) in [7, 11) is 3.34. The van der Waals surface area contributed by atoms with Crippen molar-refractivity contribution in [3.63, 3.8) is 0 Å². The van der Waals surface area contributed by atoms with Gasteiger partial charge in [0.1, 0.15) is 0 Å². The lowest BCUT2D eigenvalue weighted by molar-refractivity contribution is 1.30. The summed E-state index contributed by atoms with van der Waals surface area (Å²) in [4.78, 5) is 9.62. The van der Waals surface area contributed by atoms with E-state index in [1.807, 2.05) is 0 Å². The van der Waals surface area contributed by atoms with Crippen molar-refractivity contribution < 1.29 is 0 Å². The first-order valence-electron chi connectivity index (χ1n) is 11.4. The van der Waals surface area contributed by atoms with Gasteiger partial charge in [-0.2, -0.15) is 0 Å². The topological polar surface area (TPSA) is 49.8 Å². The molecule has 0 aliphatic carbocycles. The molecule has 8 heteroatoms. The van der Waals surface area contributed by atoms with Crippen molar-refractivity contribution in [2.24, 2.45) is 0 Å². The van der Waals surface area contributed by atoms with Crippen molar-refractivity contribution in [1.82, 2.24) is 9.97 Å². The summed E-state index contributed by atoms with van der Waals surface area (Å²) in [5, 5.41) is 6.96. The van der Waals surface area contributed by atoms with Crippen molar-refractivity contribution in [2.75, 3.05) is 10.6 Å². The number of anilines is 4. The van der Waals surface area contributed by atoms with Crippen molar-refractivity contribution in [3.8, 4) is 0 Å². The SMILES string of the molecule is Cc1ccc(Nc2ccc3nc(SSc4nc5ccc(Nc6ccc(C)cc6)cc5s4)sc3c2)cc1. The normalized spacial score (nSPS) is 11.3. The predicted octanol–water partition coefficient (Wildman–Crippen LogP) is 9.81. The quantitative estimate of drug-likeness (QED) is 0.196. The highest BCUT2D eigenvalue weighted by atomic mass is 33.1. The summed E-state index contributed by atoms with van der Waals surface area (Å²) >= 11 is 3.43. The van der Waals surface area contributed by atoms with Crippen molar-refractivity contribution in [1.29, 1.82) is 0 Å². The number of thiazole rings is 2. The van der Waals surface area contributed by atoms with Crippen molar-refractivity contribution in [2.45, 2.75) is 22.5 Å². The molecule has 2 heterocycles. The second-order valence-electron chi connectivity index (χ2n) is 8.47. The van der Waals surface area contributed by atoms with Crippen LogP contribution in [0.25, 0.3) is 20.4 Å². The molecule has 0 atom stereocenters. The Balaban J connectivity index is 1.13. The minimum absolute atomic E-state index is 1.02. The minimum Gasteiger partial charge on any atom is -0.355 e. The van der Waals surface area contributed by atoms with Gasteiger partial charge in [0.2, 0.25) is 0 Å². The molecule has 0 unspecified atom stereocenters. The van der Waals surface area contributed by atoms with Gasteiger partial charge in [0.15, 0.2) is 8.68 Å². The van der Waals surface area contributed by atoms with Crippen LogP contribution in [0.1, 0.15) is 11.1 Å². The maximum absolute atomic E-state index is 4.81. The van der Waals surface area contributed by atoms with E-state index in [4.69, 9.17) is 9.97 Å². The highest BCUT2D eigenvalue weighted by Gasteiger charge is 2.10. The number of nitrogens with one attached hydrogen (secondary N) is 2. The monoisotopic (exact) mass is 542 g/mol. The number of benzene rings is 4. The van der Waals surface area contributed by atoms with E-state index in [2.05, 4.69) is 109 Å². The lowest BCUT2D eigenvalue weighted by Gasteiger charge is -2.06. The second-order valence-corrected chi connectivity index (χ2v) is 13.2. The molecule has 2 N–H and O–H groups in total. The summed E-state index contributed by atoms with van der Waals surface area (Å²) in [6.45, 7) is 4.19. The van der Waals surface area contributed by atoms with Gasteiger partial charge in [0.05, 0.1) is 20.4 Å². The van der Waals surface area contributed by atoms with Gasteiger partial charge < -0.3 is 10.6 Å². The van der Waals surface area contributed by atoms with Gasteiger partial charge in [-0.15, -0.1) is 22.7 Å². The van der Waals surface area contributed by atoms with Gasteiger partial charge in [-0.3, -0.25) is 0 Å². The van der Waals surface area contributed by atoms with E-state index >= 15 is 0 Å². The lowest BCUT2D eigenvalue weighted by atomic mass is 10.2. The van der Waals surface area contributed by atoms with Crippen LogP contribution < -0.4 is 10.6 Å². The smallest absolute Gasteiger partial charge is 0.162 e. The minimum atomic E-state index is 1.02. The summed E-state index contributed by atoms with van der Waals surface area (Å²) < 4.78 is 4.41. The molecule has 0 aliphatic heterocycles. The number of fused-ring (bicyclic) bond motifs is 2. The fraction of sp³-hybridized carbons (Fsp3) is 0.0714. The van der Waals surface area contributed by atoms with Crippen LogP contribution in [-0.2, 0) is 0 Å². The molecular formula is C28H22N4S4. The zero-order chi connectivity index (χ0) is 24.5. The van der Waals surface area contributed by atoms with Gasteiger partial charge in [-0.1, -0.05) is 35.4 Å². The van der Waals surface area contributed by atoms with Gasteiger partial charge in [0, 0.05) is 22.7 Å². The summed E-state index contributed by atoms with van der Waals surface area (Å²) in [6, 6.07) is 29.5. The van der Waals surface area contributed by atoms with E-state index in [0.717, 1.165) is 42.5 Å². The zero-order valence-electron chi connectivity index (χ0n) is 19.6. The summed E-state index contributed by atoms with van der Waals surface area (Å²) in [6.07, 6.45) is 0. The highest BCUT2D eigenvalue weighted by Crippen LogP contribution is 2.44. The Morgan fingerprint density at radius 2 is 0.917 bits per heavy atom. The Morgan fingerprint density at radius 3 is 1.33 bits per heavy atom. The molecule has 6 aromatic rings. The molecule has 4 nitrogen and oxygen atoms in total. The van der Waals surface area contributed by atoms with Crippen LogP contribution in [-0.4, -0.2) is 9.97 Å². The van der Waals surface area contributed by atoms with E-state index in [1.165, 1.54) is 20.5 Å². The molecule has 6 rings (SSSR count). The number of hydrogen-bond donors (Lipinski definition) is 2. The van der Waals surface area contributed by atoms with E-state index in [1.54, 1.807) is 44.3 Å². The molecule has 0 saturated carbocycles. The van der Waals surface area contributed by atoms with Crippen LogP contribution in [0.15, 0.2) is 93.6 Å². The molecule has 0 amide bonds. The number of rotatable bonds is 7. The maximum Gasteiger partial charge on any atom is 0.162 e. The first kappa shape index (κ1) is 23.4. The molecule has 0 fully saturated rings. The second kappa shape index (κ2) is 10.1. The van der Waals surface area contributed by atoms with Crippen LogP contribution in [0.3, 0.4) is 0 Å². The average Bonchev–Trinajstić information content (AvgIpc) is 3.48. The van der Waals surface area contributed by atoms with Crippen LogP contribution in [0.2, 0.25) is 0 Å². The molecule has 0 bridgehead atoms. The number of nitrogens with zero attached hydrogens (tertiary/aromatic N) is 2. The number of hydrogen-bond acceptors (Lipinski definition) is 8. The van der Waals surface area contributed by atoms with E-state index < -0.39 is 0 Å². The molecule has 2 aromatic heterocycles. The van der Waals surface area contributed by atoms with Gasteiger partial charge in [-0.05, 0) is 96.1 Å². The van der Waals surface area contributed by atoms with Crippen molar-refractivity contribution in [3.05, 3.63) is 96.1 Å². The average molecular weight is 543 g/mol. The Bertz CT molecular complexity index is 1530. The first-order chi connectivity index (χ1) is 17.6. The third-order valence-electron chi connectivity index (χ3n) is 5.60. The van der Waals surface area contributed by atoms with Gasteiger partial charge >= 0.3 is 0 Å². The standard InChI is InChI=1S/C28H22N4S4/c1-17-3-7-19(8-4-17)29-21-11-13-23-25(15-21)33-27(31-23)35-36-28-32-24-14-12-22(16-26(24)34-28)30-20-9-5-18(2)6-10-20/h3-16,29-30H,1-2H3. The van der Waals surface area contributed by atoms with E-state index in [0.29, 0.717) is 0 Å². The van der Waals surface area contributed by atoms with Crippen LogP contribution in [0.4, 0.5) is 22.7 Å². The summed E-state index contributed by atoms with van der Waals surface area (Å²) in [5.74, 6) is 0. The predicted molar refractivity (Wildman–Crippen MR) is 160 cm³/mol. The third-order valence-corrected chi connectivity index (χ3v) is 10.6. The molecule has 178 valence electrons. The Labute approximate surface area is 225 Å². The van der Waals surface area contributed by atoms with E-state index in [-0.39, 0.29) is 0 Å². The lowest BCUT2D eigenvalue weighted by Crippen LogP contribution is -1.89. The van der Waals surface area contributed by atoms with Gasteiger partial charge in [-0.25, -0.2) is 9.97 Å². The number of aryl methyl sites for hydroxylation is 2. The fourth-order valence-electron chi connectivity index (χ4n) is 3.71. The molecular weight excluding hydrogens is 521 g/mol. The molecule has 4 aromatic carbocycles. The van der Waals surface area contributed by atoms with Crippen LogP contribution in [0, 0.1) is 13.8 Å². The Kier molecular flexibility index (Phi) is 6.58. The zero-order valence-corrected chi connectivity index (χ0v) is 22.9. The first-order valence-corrected chi connectivity index (χ1v) is 15.2. The summed E-state index contributed by atoms with van der Waals surface area (Å²) in [5.41, 5.74) is 8.86. The highest BCUT2D eigenvalue weighted by molar-refractivity contribution is 8.77. The Morgan fingerprint density at radius 1 is 0.528 bits per heavy atom. The van der Waals surface area contributed by atoms with Crippen LogP contribution >= 0.6 is 44.3 Å². The number of aromatic nitrogens is 2.